The number of hydrogen-bond acceptors (Lipinski definition) is 2. The number of halogens is 1. The molecule has 0 spiro atoms. The standard InChI is InChI=1S/C20H23FN2O/c1-15(16-9-11-18(21)12-10-16)22-19(17-6-3-2-4-7-17)14-23-13-5-8-20(23)24/h2-4,6-7,9-12,15,19,22H,5,8,13-14H2,1H3/t15-,19-/m0/s1. The van der Waals surface area contributed by atoms with E-state index in [1.54, 1.807) is 12.1 Å². The van der Waals surface area contributed by atoms with Gasteiger partial charge in [0.2, 0.25) is 5.91 Å². The molecule has 24 heavy (non-hydrogen) atoms. The van der Waals surface area contributed by atoms with E-state index in [-0.39, 0.29) is 23.8 Å². The molecule has 0 bridgehead atoms. The summed E-state index contributed by atoms with van der Waals surface area (Å²) in [6, 6.07) is 16.9. The molecule has 3 nitrogen and oxygen atoms in total. The van der Waals surface area contributed by atoms with Crippen LogP contribution in [0.2, 0.25) is 0 Å². The van der Waals surface area contributed by atoms with Crippen LogP contribution in [0.4, 0.5) is 4.39 Å². The fourth-order valence-electron chi connectivity index (χ4n) is 3.21. The molecule has 2 aromatic carbocycles. The van der Waals surface area contributed by atoms with Crippen LogP contribution in [0.15, 0.2) is 54.6 Å². The third kappa shape index (κ3) is 4.01. The molecule has 1 heterocycles. The first-order chi connectivity index (χ1) is 11.6. The van der Waals surface area contributed by atoms with Crippen LogP contribution in [0.5, 0.6) is 0 Å². The van der Waals surface area contributed by atoms with Crippen molar-refractivity contribution in [1.29, 1.82) is 0 Å². The molecule has 0 unspecified atom stereocenters. The monoisotopic (exact) mass is 326 g/mol. The predicted octanol–water partition coefficient (Wildman–Crippen LogP) is 3.84. The smallest absolute Gasteiger partial charge is 0.222 e. The van der Waals surface area contributed by atoms with Crippen LogP contribution < -0.4 is 5.32 Å². The van der Waals surface area contributed by atoms with E-state index in [2.05, 4.69) is 24.4 Å². The van der Waals surface area contributed by atoms with E-state index in [0.29, 0.717) is 13.0 Å². The van der Waals surface area contributed by atoms with Gasteiger partial charge < -0.3 is 10.2 Å². The maximum Gasteiger partial charge on any atom is 0.222 e. The predicted molar refractivity (Wildman–Crippen MR) is 92.9 cm³/mol. The van der Waals surface area contributed by atoms with E-state index in [1.165, 1.54) is 12.1 Å². The molecule has 0 radical (unpaired) electrons. The Labute approximate surface area is 142 Å². The van der Waals surface area contributed by atoms with E-state index >= 15 is 0 Å². The highest BCUT2D eigenvalue weighted by Crippen LogP contribution is 2.23. The molecular weight excluding hydrogens is 303 g/mol. The first kappa shape index (κ1) is 16.7. The first-order valence-electron chi connectivity index (χ1n) is 8.48. The van der Waals surface area contributed by atoms with Gasteiger partial charge in [-0.25, -0.2) is 4.39 Å². The Hall–Kier alpha value is -2.20. The maximum atomic E-state index is 13.1. The minimum Gasteiger partial charge on any atom is -0.341 e. The van der Waals surface area contributed by atoms with Crippen LogP contribution in [0.3, 0.4) is 0 Å². The van der Waals surface area contributed by atoms with E-state index in [0.717, 1.165) is 24.1 Å². The Morgan fingerprint density at radius 2 is 1.79 bits per heavy atom. The average molecular weight is 326 g/mol. The van der Waals surface area contributed by atoms with Gasteiger partial charge in [-0.1, -0.05) is 42.5 Å². The van der Waals surface area contributed by atoms with Crippen LogP contribution in [0.25, 0.3) is 0 Å². The number of benzene rings is 2. The lowest BCUT2D eigenvalue weighted by Crippen LogP contribution is -2.37. The van der Waals surface area contributed by atoms with Gasteiger partial charge in [0.1, 0.15) is 5.82 Å². The number of amides is 1. The van der Waals surface area contributed by atoms with Crippen LogP contribution in [-0.4, -0.2) is 23.9 Å². The molecule has 4 heteroatoms. The van der Waals surface area contributed by atoms with Crippen molar-refractivity contribution in [3.8, 4) is 0 Å². The molecule has 0 aliphatic carbocycles. The third-order valence-electron chi connectivity index (χ3n) is 4.60. The summed E-state index contributed by atoms with van der Waals surface area (Å²) in [6.45, 7) is 3.55. The number of carbonyl (C=O) groups is 1. The Kier molecular flexibility index (Phi) is 5.26. The number of nitrogens with zero attached hydrogens (tertiary/aromatic N) is 1. The van der Waals surface area contributed by atoms with Crippen molar-refractivity contribution < 1.29 is 9.18 Å². The highest BCUT2D eigenvalue weighted by atomic mass is 19.1. The van der Waals surface area contributed by atoms with Gasteiger partial charge in [0, 0.05) is 25.6 Å². The zero-order valence-electron chi connectivity index (χ0n) is 13.9. The molecule has 1 amide bonds. The molecule has 126 valence electrons. The Bertz CT molecular complexity index is 672. The summed E-state index contributed by atoms with van der Waals surface area (Å²) in [7, 11) is 0. The van der Waals surface area contributed by atoms with Crippen molar-refractivity contribution in [2.45, 2.75) is 31.8 Å². The normalized spacial score (nSPS) is 17.1. The molecule has 0 saturated carbocycles. The van der Waals surface area contributed by atoms with Crippen LogP contribution >= 0.6 is 0 Å². The van der Waals surface area contributed by atoms with E-state index < -0.39 is 0 Å². The SMILES string of the molecule is C[C@H](N[C@@H](CN1CCCC1=O)c1ccccc1)c1ccc(F)cc1. The summed E-state index contributed by atoms with van der Waals surface area (Å²) < 4.78 is 13.1. The number of rotatable bonds is 6. The summed E-state index contributed by atoms with van der Waals surface area (Å²) in [4.78, 5) is 13.9. The molecular formula is C20H23FN2O. The Morgan fingerprint density at radius 1 is 1.08 bits per heavy atom. The zero-order valence-corrected chi connectivity index (χ0v) is 13.9. The summed E-state index contributed by atoms with van der Waals surface area (Å²) >= 11 is 0. The van der Waals surface area contributed by atoms with Crippen LogP contribution in [0.1, 0.15) is 43.0 Å². The van der Waals surface area contributed by atoms with Gasteiger partial charge >= 0.3 is 0 Å². The molecule has 2 aromatic rings. The van der Waals surface area contributed by atoms with Gasteiger partial charge in [-0.05, 0) is 36.6 Å². The van der Waals surface area contributed by atoms with Crippen molar-refractivity contribution in [2.75, 3.05) is 13.1 Å². The molecule has 1 N–H and O–H groups in total. The molecule has 1 fully saturated rings. The molecule has 1 aliphatic rings. The van der Waals surface area contributed by atoms with Gasteiger partial charge in [-0.15, -0.1) is 0 Å². The Morgan fingerprint density at radius 3 is 2.42 bits per heavy atom. The van der Waals surface area contributed by atoms with Crippen molar-refractivity contribution in [3.63, 3.8) is 0 Å². The summed E-state index contributed by atoms with van der Waals surface area (Å²) in [5.74, 6) is 0.000360. The minimum atomic E-state index is -0.228. The van der Waals surface area contributed by atoms with E-state index in [1.807, 2.05) is 23.1 Å². The third-order valence-corrected chi connectivity index (χ3v) is 4.60. The van der Waals surface area contributed by atoms with Gasteiger partial charge in [-0.3, -0.25) is 4.79 Å². The topological polar surface area (TPSA) is 32.3 Å². The highest BCUT2D eigenvalue weighted by molar-refractivity contribution is 5.78. The summed E-state index contributed by atoms with van der Waals surface area (Å²) in [5.41, 5.74) is 2.19. The number of hydrogen-bond donors (Lipinski definition) is 1. The quantitative estimate of drug-likeness (QED) is 0.875. The lowest BCUT2D eigenvalue weighted by molar-refractivity contribution is -0.128. The molecule has 3 rings (SSSR count). The van der Waals surface area contributed by atoms with Crippen molar-refractivity contribution in [2.24, 2.45) is 0 Å². The largest absolute Gasteiger partial charge is 0.341 e. The maximum absolute atomic E-state index is 13.1. The number of nitrogens with one attached hydrogen (secondary N) is 1. The lowest BCUT2D eigenvalue weighted by atomic mass is 10.0. The van der Waals surface area contributed by atoms with Crippen LogP contribution in [0, 0.1) is 5.82 Å². The minimum absolute atomic E-state index is 0.0494. The molecule has 1 aliphatic heterocycles. The highest BCUT2D eigenvalue weighted by Gasteiger charge is 2.25. The second-order valence-corrected chi connectivity index (χ2v) is 6.35. The van der Waals surface area contributed by atoms with Crippen LogP contribution in [-0.2, 0) is 4.79 Å². The van der Waals surface area contributed by atoms with Gasteiger partial charge in [0.05, 0.1) is 6.04 Å². The van der Waals surface area contributed by atoms with Gasteiger partial charge in [0.15, 0.2) is 0 Å². The average Bonchev–Trinajstić information content (AvgIpc) is 3.00. The summed E-state index contributed by atoms with van der Waals surface area (Å²) in [6.07, 6.45) is 1.59. The van der Waals surface area contributed by atoms with Gasteiger partial charge in [-0.2, -0.15) is 0 Å². The van der Waals surface area contributed by atoms with Crippen molar-refractivity contribution in [1.82, 2.24) is 10.2 Å². The summed E-state index contributed by atoms with van der Waals surface area (Å²) in [5, 5.41) is 3.60. The zero-order chi connectivity index (χ0) is 16.9. The van der Waals surface area contributed by atoms with Crippen molar-refractivity contribution in [3.05, 3.63) is 71.5 Å². The van der Waals surface area contributed by atoms with Gasteiger partial charge in [0.25, 0.3) is 0 Å². The van der Waals surface area contributed by atoms with E-state index in [4.69, 9.17) is 0 Å². The second-order valence-electron chi connectivity index (χ2n) is 6.35. The molecule has 2 atom stereocenters. The fraction of sp³-hybridized carbons (Fsp3) is 0.350. The number of carbonyl (C=O) groups excluding carboxylic acids is 1. The number of likely N-dealkylation sites (tertiary alicyclic amines) is 1. The fourth-order valence-corrected chi connectivity index (χ4v) is 3.21. The lowest BCUT2D eigenvalue weighted by Gasteiger charge is -2.28. The first-order valence-corrected chi connectivity index (χ1v) is 8.48. The second kappa shape index (κ2) is 7.58. The molecule has 1 saturated heterocycles. The van der Waals surface area contributed by atoms with Crippen molar-refractivity contribution >= 4 is 5.91 Å². The van der Waals surface area contributed by atoms with E-state index in [9.17, 15) is 9.18 Å². The Balaban J connectivity index is 1.76. The molecule has 0 aromatic heterocycles.